The van der Waals surface area contributed by atoms with Crippen molar-refractivity contribution in [1.29, 1.82) is 0 Å². The first kappa shape index (κ1) is 19.4. The Hall–Kier alpha value is -3.32. The molecule has 28 heavy (non-hydrogen) atoms. The predicted molar refractivity (Wildman–Crippen MR) is 109 cm³/mol. The third-order valence-corrected chi connectivity index (χ3v) is 4.44. The van der Waals surface area contributed by atoms with Gasteiger partial charge in [-0.25, -0.2) is 10.1 Å². The number of para-hydroxylation sites is 1. The van der Waals surface area contributed by atoms with E-state index in [2.05, 4.69) is 15.6 Å². The van der Waals surface area contributed by atoms with Crippen molar-refractivity contribution in [2.45, 2.75) is 13.8 Å². The summed E-state index contributed by atoms with van der Waals surface area (Å²) in [5, 5.41) is 7.47. The predicted octanol–water partition coefficient (Wildman–Crippen LogP) is 2.96. The fourth-order valence-corrected chi connectivity index (χ4v) is 2.64. The minimum absolute atomic E-state index is 0.210. The molecule has 0 saturated carbocycles. The van der Waals surface area contributed by atoms with Gasteiger partial charge in [0.25, 0.3) is 11.5 Å². The molecule has 0 saturated heterocycles. The standard InChI is InChI=1S/C20H19ClN4O3/c1-13-10-16(8-9-18(13)21)28-12-19(26)23-22-11-17-14(2)24-25(20(17)27)15-6-4-3-5-7-15/h3-11,24H,12H2,1-2H3,(H,23,26)/b22-11-. The average Bonchev–Trinajstić information content (AvgIpc) is 2.98. The molecule has 3 rings (SSSR count). The van der Waals surface area contributed by atoms with E-state index in [4.69, 9.17) is 16.3 Å². The molecule has 1 heterocycles. The number of aryl methyl sites for hydroxylation is 2. The highest BCUT2D eigenvalue weighted by Gasteiger charge is 2.10. The molecule has 3 aromatic rings. The zero-order valence-electron chi connectivity index (χ0n) is 15.4. The molecule has 144 valence electrons. The number of carbonyl (C=O) groups excluding carboxylic acids is 1. The number of hydrogen-bond acceptors (Lipinski definition) is 4. The van der Waals surface area contributed by atoms with Gasteiger partial charge in [-0.1, -0.05) is 29.8 Å². The number of hydrogen-bond donors (Lipinski definition) is 2. The fourth-order valence-electron chi connectivity index (χ4n) is 2.53. The highest BCUT2D eigenvalue weighted by Crippen LogP contribution is 2.20. The molecule has 0 spiro atoms. The molecule has 0 aliphatic heterocycles. The summed E-state index contributed by atoms with van der Waals surface area (Å²) < 4.78 is 6.82. The van der Waals surface area contributed by atoms with Crippen LogP contribution in [-0.2, 0) is 4.79 Å². The smallest absolute Gasteiger partial charge is 0.280 e. The number of nitrogens with one attached hydrogen (secondary N) is 2. The molecular weight excluding hydrogens is 380 g/mol. The molecule has 7 nitrogen and oxygen atoms in total. The molecule has 2 N–H and O–H groups in total. The van der Waals surface area contributed by atoms with E-state index in [9.17, 15) is 9.59 Å². The van der Waals surface area contributed by atoms with Crippen molar-refractivity contribution in [3.8, 4) is 11.4 Å². The molecule has 0 radical (unpaired) electrons. The third-order valence-electron chi connectivity index (χ3n) is 4.01. The van der Waals surface area contributed by atoms with Gasteiger partial charge in [0.1, 0.15) is 5.75 Å². The second kappa shape index (κ2) is 8.58. The minimum atomic E-state index is -0.444. The van der Waals surface area contributed by atoms with Gasteiger partial charge in [-0.2, -0.15) is 5.10 Å². The number of nitrogens with zero attached hydrogens (tertiary/aromatic N) is 2. The molecule has 0 fully saturated rings. The summed E-state index contributed by atoms with van der Waals surface area (Å²) in [6.07, 6.45) is 1.32. The summed E-state index contributed by atoms with van der Waals surface area (Å²) in [5.74, 6) is 0.0914. The van der Waals surface area contributed by atoms with E-state index in [1.165, 1.54) is 10.9 Å². The maximum atomic E-state index is 12.5. The van der Waals surface area contributed by atoms with Crippen LogP contribution >= 0.6 is 11.6 Å². The van der Waals surface area contributed by atoms with Crippen LogP contribution in [0.4, 0.5) is 0 Å². The number of halogens is 1. The summed E-state index contributed by atoms with van der Waals surface area (Å²) in [7, 11) is 0. The summed E-state index contributed by atoms with van der Waals surface area (Å²) in [6.45, 7) is 3.40. The van der Waals surface area contributed by atoms with Crippen LogP contribution in [0.5, 0.6) is 5.75 Å². The molecule has 2 aromatic carbocycles. The van der Waals surface area contributed by atoms with Crippen molar-refractivity contribution >= 4 is 23.7 Å². The number of rotatable bonds is 6. The maximum Gasteiger partial charge on any atom is 0.280 e. The SMILES string of the molecule is Cc1cc(OCC(=O)N/N=C\c2c(C)[nH]n(-c3ccccc3)c2=O)ccc1Cl. The van der Waals surface area contributed by atoms with Crippen LogP contribution in [0, 0.1) is 13.8 Å². The minimum Gasteiger partial charge on any atom is -0.484 e. The van der Waals surface area contributed by atoms with E-state index in [1.54, 1.807) is 25.1 Å². The molecule has 1 amide bonds. The van der Waals surface area contributed by atoms with Gasteiger partial charge >= 0.3 is 0 Å². The number of hydrazone groups is 1. The number of amides is 1. The van der Waals surface area contributed by atoms with E-state index in [0.29, 0.717) is 27.7 Å². The molecule has 0 aliphatic carbocycles. The van der Waals surface area contributed by atoms with Crippen molar-refractivity contribution in [2.24, 2.45) is 5.10 Å². The van der Waals surface area contributed by atoms with Crippen molar-refractivity contribution < 1.29 is 9.53 Å². The van der Waals surface area contributed by atoms with E-state index in [0.717, 1.165) is 5.56 Å². The summed E-state index contributed by atoms with van der Waals surface area (Å²) in [6, 6.07) is 14.3. The Morgan fingerprint density at radius 1 is 1.25 bits per heavy atom. The van der Waals surface area contributed by atoms with Gasteiger partial charge in [-0.05, 0) is 49.7 Å². The van der Waals surface area contributed by atoms with Crippen LogP contribution in [-0.4, -0.2) is 28.5 Å². The van der Waals surface area contributed by atoms with Gasteiger partial charge < -0.3 is 4.74 Å². The van der Waals surface area contributed by atoms with Crippen LogP contribution in [0.3, 0.4) is 0 Å². The molecular formula is C20H19ClN4O3. The van der Waals surface area contributed by atoms with Crippen molar-refractivity contribution in [3.05, 3.63) is 80.7 Å². The lowest BCUT2D eigenvalue weighted by Crippen LogP contribution is -2.25. The van der Waals surface area contributed by atoms with Gasteiger partial charge in [0.05, 0.1) is 17.5 Å². The topological polar surface area (TPSA) is 88.5 Å². The number of benzene rings is 2. The first-order valence-corrected chi connectivity index (χ1v) is 8.91. The lowest BCUT2D eigenvalue weighted by molar-refractivity contribution is -0.123. The molecule has 0 aliphatic rings. The normalized spacial score (nSPS) is 11.0. The Labute approximate surface area is 166 Å². The van der Waals surface area contributed by atoms with Crippen molar-refractivity contribution in [3.63, 3.8) is 0 Å². The summed E-state index contributed by atoms with van der Waals surface area (Å²) >= 11 is 5.95. The summed E-state index contributed by atoms with van der Waals surface area (Å²) in [4.78, 5) is 24.4. The van der Waals surface area contributed by atoms with Crippen LogP contribution in [0.1, 0.15) is 16.8 Å². The second-order valence-electron chi connectivity index (χ2n) is 6.12. The zero-order chi connectivity index (χ0) is 20.1. The molecule has 0 bridgehead atoms. The highest BCUT2D eigenvalue weighted by atomic mass is 35.5. The Morgan fingerprint density at radius 2 is 2.00 bits per heavy atom. The molecule has 8 heteroatoms. The van der Waals surface area contributed by atoms with Gasteiger partial charge in [0.15, 0.2) is 6.61 Å². The van der Waals surface area contributed by atoms with E-state index in [-0.39, 0.29) is 12.2 Å². The highest BCUT2D eigenvalue weighted by molar-refractivity contribution is 6.31. The molecule has 0 atom stereocenters. The van der Waals surface area contributed by atoms with Crippen LogP contribution in [0.2, 0.25) is 5.02 Å². The van der Waals surface area contributed by atoms with Crippen molar-refractivity contribution in [2.75, 3.05) is 6.61 Å². The van der Waals surface area contributed by atoms with E-state index >= 15 is 0 Å². The Kier molecular flexibility index (Phi) is 5.96. The number of ether oxygens (including phenoxy) is 1. The van der Waals surface area contributed by atoms with Gasteiger partial charge in [0, 0.05) is 10.7 Å². The Balaban J connectivity index is 1.61. The largest absolute Gasteiger partial charge is 0.484 e. The van der Waals surface area contributed by atoms with Gasteiger partial charge in [0.2, 0.25) is 0 Å². The maximum absolute atomic E-state index is 12.5. The lowest BCUT2D eigenvalue weighted by Gasteiger charge is -2.06. The van der Waals surface area contributed by atoms with Gasteiger partial charge in [-0.3, -0.25) is 14.7 Å². The van der Waals surface area contributed by atoms with E-state index in [1.807, 2.05) is 37.3 Å². The number of aromatic amines is 1. The molecule has 1 aromatic heterocycles. The first-order chi connectivity index (χ1) is 13.5. The van der Waals surface area contributed by atoms with Crippen LogP contribution < -0.4 is 15.7 Å². The lowest BCUT2D eigenvalue weighted by atomic mass is 10.2. The second-order valence-corrected chi connectivity index (χ2v) is 6.53. The third kappa shape index (κ3) is 4.50. The number of aromatic nitrogens is 2. The average molecular weight is 399 g/mol. The summed E-state index contributed by atoms with van der Waals surface area (Å²) in [5.41, 5.74) is 4.66. The first-order valence-electron chi connectivity index (χ1n) is 8.53. The van der Waals surface area contributed by atoms with E-state index < -0.39 is 5.91 Å². The number of carbonyl (C=O) groups is 1. The Bertz CT molecular complexity index is 1070. The van der Waals surface area contributed by atoms with Crippen LogP contribution in [0.15, 0.2) is 58.4 Å². The molecule has 0 unspecified atom stereocenters. The Morgan fingerprint density at radius 3 is 2.71 bits per heavy atom. The van der Waals surface area contributed by atoms with Crippen LogP contribution in [0.25, 0.3) is 5.69 Å². The quantitative estimate of drug-likeness (QED) is 0.494. The van der Waals surface area contributed by atoms with Crippen molar-refractivity contribution in [1.82, 2.24) is 15.2 Å². The fraction of sp³-hybridized carbons (Fsp3) is 0.150. The number of H-pyrrole nitrogens is 1. The zero-order valence-corrected chi connectivity index (χ0v) is 16.2. The van der Waals surface area contributed by atoms with Gasteiger partial charge in [-0.15, -0.1) is 0 Å². The monoisotopic (exact) mass is 398 g/mol.